The number of nitrogens with zero attached hydrogens (tertiary/aromatic N) is 2. The van der Waals surface area contributed by atoms with E-state index in [0.717, 1.165) is 35.2 Å². The maximum absolute atomic E-state index is 12.1. The Balaban J connectivity index is 1.60. The Morgan fingerprint density at radius 1 is 1.27 bits per heavy atom. The molecule has 1 aromatic carbocycles. The van der Waals surface area contributed by atoms with Crippen LogP contribution in [0.25, 0.3) is 11.0 Å². The molecule has 0 saturated heterocycles. The van der Waals surface area contributed by atoms with E-state index >= 15 is 0 Å². The van der Waals surface area contributed by atoms with Crippen molar-refractivity contribution in [3.63, 3.8) is 0 Å². The number of hydrogen-bond donors (Lipinski definition) is 2. The number of aromatic nitrogens is 2. The number of rotatable bonds is 7. The highest BCUT2D eigenvalue weighted by molar-refractivity contribution is 5.89. The van der Waals surface area contributed by atoms with Crippen molar-refractivity contribution in [3.8, 4) is 0 Å². The van der Waals surface area contributed by atoms with E-state index in [9.17, 15) is 4.79 Å². The summed E-state index contributed by atoms with van der Waals surface area (Å²) in [5, 5.41) is 6.88. The number of anilines is 1. The third-order valence-electron chi connectivity index (χ3n) is 4.21. The lowest BCUT2D eigenvalue weighted by molar-refractivity contribution is 0.188. The van der Waals surface area contributed by atoms with Gasteiger partial charge in [-0.3, -0.25) is 0 Å². The quantitative estimate of drug-likeness (QED) is 0.685. The molecule has 136 valence electrons. The van der Waals surface area contributed by atoms with Crippen LogP contribution in [0.4, 0.5) is 10.5 Å². The Morgan fingerprint density at radius 2 is 2.15 bits per heavy atom. The van der Waals surface area contributed by atoms with Gasteiger partial charge in [0, 0.05) is 43.7 Å². The summed E-state index contributed by atoms with van der Waals surface area (Å²) in [6.07, 6.45) is 4.63. The number of pyridine rings is 1. The zero-order chi connectivity index (χ0) is 18.4. The highest BCUT2D eigenvalue weighted by Crippen LogP contribution is 2.19. The highest BCUT2D eigenvalue weighted by atomic mass is 16.5. The van der Waals surface area contributed by atoms with Gasteiger partial charge in [-0.2, -0.15) is 0 Å². The monoisotopic (exact) mass is 352 g/mol. The van der Waals surface area contributed by atoms with E-state index in [4.69, 9.17) is 4.74 Å². The van der Waals surface area contributed by atoms with Gasteiger partial charge in [0.2, 0.25) is 0 Å². The van der Waals surface area contributed by atoms with E-state index in [0.29, 0.717) is 13.2 Å². The normalized spacial score (nSPS) is 10.8. The van der Waals surface area contributed by atoms with Crippen molar-refractivity contribution in [3.05, 3.63) is 59.9 Å². The van der Waals surface area contributed by atoms with Crippen molar-refractivity contribution in [2.24, 2.45) is 0 Å². The van der Waals surface area contributed by atoms with E-state index in [2.05, 4.69) is 32.4 Å². The molecule has 2 N–H and O–H groups in total. The number of urea groups is 1. The summed E-state index contributed by atoms with van der Waals surface area (Å²) in [6, 6.07) is 11.5. The van der Waals surface area contributed by atoms with Crippen LogP contribution in [-0.2, 0) is 17.7 Å². The van der Waals surface area contributed by atoms with Gasteiger partial charge in [-0.25, -0.2) is 9.78 Å². The fraction of sp³-hybridized carbons (Fsp3) is 0.300. The van der Waals surface area contributed by atoms with Gasteiger partial charge in [-0.05, 0) is 48.7 Å². The minimum Gasteiger partial charge on any atom is -0.383 e. The van der Waals surface area contributed by atoms with E-state index < -0.39 is 0 Å². The lowest BCUT2D eigenvalue weighted by Crippen LogP contribution is -2.30. The number of carbonyl (C=O) groups excluding carboxylic acids is 1. The van der Waals surface area contributed by atoms with Crippen LogP contribution in [0.2, 0.25) is 0 Å². The summed E-state index contributed by atoms with van der Waals surface area (Å²) in [7, 11) is 1.69. The first-order chi connectivity index (χ1) is 12.7. The molecule has 0 atom stereocenters. The van der Waals surface area contributed by atoms with E-state index in [1.807, 2.05) is 37.3 Å². The van der Waals surface area contributed by atoms with Crippen molar-refractivity contribution in [1.82, 2.24) is 14.9 Å². The molecule has 0 saturated carbocycles. The molecule has 2 amide bonds. The molecule has 0 fully saturated rings. The van der Waals surface area contributed by atoms with Crippen LogP contribution in [0.1, 0.15) is 11.1 Å². The summed E-state index contributed by atoms with van der Waals surface area (Å²) in [5.74, 6) is 0. The molecule has 0 aliphatic carbocycles. The predicted octanol–water partition coefficient (Wildman–Crippen LogP) is 3.36. The van der Waals surface area contributed by atoms with Gasteiger partial charge >= 0.3 is 6.03 Å². The number of ether oxygens (including phenoxy) is 1. The molecule has 3 rings (SSSR count). The SMILES string of the molecule is COCCn1cc(CCNC(=O)Nc2cccc(C)c2)c2cccnc21. The fourth-order valence-corrected chi connectivity index (χ4v) is 2.96. The average Bonchev–Trinajstić information content (AvgIpc) is 2.98. The molecule has 0 aliphatic heterocycles. The van der Waals surface area contributed by atoms with Gasteiger partial charge in [0.15, 0.2) is 0 Å². The number of nitrogens with one attached hydrogen (secondary N) is 2. The van der Waals surface area contributed by atoms with E-state index in [1.54, 1.807) is 13.3 Å². The molecular weight excluding hydrogens is 328 g/mol. The van der Waals surface area contributed by atoms with E-state index in [-0.39, 0.29) is 6.03 Å². The largest absolute Gasteiger partial charge is 0.383 e. The average molecular weight is 352 g/mol. The van der Waals surface area contributed by atoms with Gasteiger partial charge in [0.05, 0.1) is 6.61 Å². The van der Waals surface area contributed by atoms with Crippen LogP contribution in [0.15, 0.2) is 48.8 Å². The molecule has 2 heterocycles. The first kappa shape index (κ1) is 17.9. The maximum atomic E-state index is 12.1. The third kappa shape index (κ3) is 4.40. The maximum Gasteiger partial charge on any atom is 0.319 e. The summed E-state index contributed by atoms with van der Waals surface area (Å²) in [6.45, 7) is 3.94. The Labute approximate surface area is 153 Å². The second kappa shape index (κ2) is 8.49. The van der Waals surface area contributed by atoms with E-state index in [1.165, 1.54) is 5.56 Å². The summed E-state index contributed by atoms with van der Waals surface area (Å²) in [4.78, 5) is 16.5. The number of amides is 2. The van der Waals surface area contributed by atoms with Crippen molar-refractivity contribution < 1.29 is 9.53 Å². The second-order valence-corrected chi connectivity index (χ2v) is 6.22. The first-order valence-corrected chi connectivity index (χ1v) is 8.70. The van der Waals surface area contributed by atoms with Crippen LogP contribution < -0.4 is 10.6 Å². The lowest BCUT2D eigenvalue weighted by atomic mass is 10.1. The summed E-state index contributed by atoms with van der Waals surface area (Å²) >= 11 is 0. The Kier molecular flexibility index (Phi) is 5.86. The zero-order valence-corrected chi connectivity index (χ0v) is 15.2. The molecule has 0 bridgehead atoms. The van der Waals surface area contributed by atoms with Crippen LogP contribution in [-0.4, -0.2) is 35.8 Å². The third-order valence-corrected chi connectivity index (χ3v) is 4.21. The van der Waals surface area contributed by atoms with Gasteiger partial charge in [0.1, 0.15) is 5.65 Å². The Bertz CT molecular complexity index is 888. The molecule has 6 heteroatoms. The molecule has 26 heavy (non-hydrogen) atoms. The number of fused-ring (bicyclic) bond motifs is 1. The van der Waals surface area contributed by atoms with Crippen LogP contribution in [0.3, 0.4) is 0 Å². The number of hydrogen-bond acceptors (Lipinski definition) is 3. The van der Waals surface area contributed by atoms with Gasteiger partial charge in [0.25, 0.3) is 0 Å². The van der Waals surface area contributed by atoms with Gasteiger partial charge in [-0.15, -0.1) is 0 Å². The Hall–Kier alpha value is -2.86. The number of benzene rings is 1. The van der Waals surface area contributed by atoms with Crippen molar-refractivity contribution in [1.29, 1.82) is 0 Å². The molecule has 0 aliphatic rings. The van der Waals surface area contributed by atoms with Crippen LogP contribution >= 0.6 is 0 Å². The predicted molar refractivity (Wildman–Crippen MR) is 104 cm³/mol. The minimum absolute atomic E-state index is 0.197. The second-order valence-electron chi connectivity index (χ2n) is 6.22. The molecule has 0 radical (unpaired) electrons. The molecular formula is C20H24N4O2. The summed E-state index contributed by atoms with van der Waals surface area (Å²) in [5.41, 5.74) is 4.02. The molecule has 2 aromatic heterocycles. The molecule has 0 unspecified atom stereocenters. The first-order valence-electron chi connectivity index (χ1n) is 8.70. The molecule has 0 spiro atoms. The molecule has 3 aromatic rings. The topological polar surface area (TPSA) is 68.2 Å². The fourth-order valence-electron chi connectivity index (χ4n) is 2.96. The highest BCUT2D eigenvalue weighted by Gasteiger charge is 2.09. The minimum atomic E-state index is -0.197. The smallest absolute Gasteiger partial charge is 0.319 e. The standard InChI is InChI=1S/C20H24N4O2/c1-15-5-3-6-17(13-15)23-20(25)22-10-8-16-14-24(11-12-26-2)19-18(16)7-4-9-21-19/h3-7,9,13-14H,8,10-12H2,1-2H3,(H2,22,23,25). The summed E-state index contributed by atoms with van der Waals surface area (Å²) < 4.78 is 7.27. The van der Waals surface area contributed by atoms with Gasteiger partial charge < -0.3 is 19.9 Å². The van der Waals surface area contributed by atoms with Crippen LogP contribution in [0, 0.1) is 6.92 Å². The van der Waals surface area contributed by atoms with Gasteiger partial charge in [-0.1, -0.05) is 12.1 Å². The number of aryl methyl sites for hydroxylation is 1. The zero-order valence-electron chi connectivity index (χ0n) is 15.2. The van der Waals surface area contributed by atoms with Crippen molar-refractivity contribution in [2.45, 2.75) is 19.9 Å². The number of carbonyl (C=O) groups is 1. The van der Waals surface area contributed by atoms with Crippen molar-refractivity contribution >= 4 is 22.8 Å². The Morgan fingerprint density at radius 3 is 2.96 bits per heavy atom. The lowest BCUT2D eigenvalue weighted by Gasteiger charge is -2.08. The molecule has 6 nitrogen and oxygen atoms in total. The van der Waals surface area contributed by atoms with Crippen molar-refractivity contribution in [2.75, 3.05) is 25.6 Å². The van der Waals surface area contributed by atoms with Crippen LogP contribution in [0.5, 0.6) is 0 Å². The number of methoxy groups -OCH3 is 1.